The van der Waals surface area contributed by atoms with Crippen LogP contribution in [-0.4, -0.2) is 34.6 Å². The lowest BCUT2D eigenvalue weighted by atomic mass is 10.2. The average molecular weight is 358 g/mol. The molecule has 1 aromatic carbocycles. The van der Waals surface area contributed by atoms with E-state index in [2.05, 4.69) is 25.8 Å². The molecule has 1 amide bonds. The molecule has 0 aliphatic heterocycles. The minimum atomic E-state index is -0.196. The quantitative estimate of drug-likeness (QED) is 0.704. The second-order valence-corrected chi connectivity index (χ2v) is 5.61. The molecule has 0 aliphatic rings. The number of hydrogen-bond acceptors (Lipinski definition) is 6. The van der Waals surface area contributed by atoms with Gasteiger partial charge < -0.3 is 15.2 Å². The Bertz CT molecular complexity index is 863. The smallest absolute Gasteiger partial charge is 0.254 e. The van der Waals surface area contributed by atoms with Crippen molar-refractivity contribution in [2.75, 3.05) is 18.9 Å². The van der Waals surface area contributed by atoms with Crippen molar-refractivity contribution in [1.29, 1.82) is 0 Å². The number of carbonyl (C=O) groups is 1. The lowest BCUT2D eigenvalue weighted by Crippen LogP contribution is -2.20. The van der Waals surface area contributed by atoms with Gasteiger partial charge in [0.05, 0.1) is 5.56 Å². The highest BCUT2D eigenvalue weighted by Gasteiger charge is 2.12. The maximum absolute atomic E-state index is 11.8. The van der Waals surface area contributed by atoms with Crippen molar-refractivity contribution in [3.8, 4) is 11.4 Å². The fraction of sp³-hybridized carbons (Fsp3) is 0.176. The molecule has 7 nitrogen and oxygen atoms in total. The summed E-state index contributed by atoms with van der Waals surface area (Å²) in [7, 11) is 1.58. The van der Waals surface area contributed by atoms with Crippen LogP contribution in [0.15, 0.2) is 47.1 Å². The normalized spacial score (nSPS) is 10.5. The fourth-order valence-corrected chi connectivity index (χ4v) is 2.35. The number of hydrogen-bond donors (Lipinski definition) is 2. The Kier molecular flexibility index (Phi) is 5.25. The molecule has 0 aliphatic carbocycles. The van der Waals surface area contributed by atoms with E-state index in [-0.39, 0.29) is 5.91 Å². The highest BCUT2D eigenvalue weighted by atomic mass is 35.5. The third-order valence-electron chi connectivity index (χ3n) is 3.48. The number of halogens is 1. The highest BCUT2D eigenvalue weighted by Crippen LogP contribution is 2.19. The first-order valence-corrected chi connectivity index (χ1v) is 8.04. The van der Waals surface area contributed by atoms with E-state index in [1.165, 1.54) is 0 Å². The number of pyridine rings is 1. The van der Waals surface area contributed by atoms with Gasteiger partial charge in [0.15, 0.2) is 0 Å². The molecule has 128 valence electrons. The third kappa shape index (κ3) is 4.13. The van der Waals surface area contributed by atoms with Gasteiger partial charge in [-0.05, 0) is 36.4 Å². The van der Waals surface area contributed by atoms with Crippen LogP contribution in [0.5, 0.6) is 0 Å². The summed E-state index contributed by atoms with van der Waals surface area (Å²) in [4.78, 5) is 20.4. The molecule has 0 bridgehead atoms. The molecular weight excluding hydrogens is 342 g/mol. The summed E-state index contributed by atoms with van der Waals surface area (Å²) in [5.74, 6) is 1.32. The van der Waals surface area contributed by atoms with Crippen molar-refractivity contribution < 1.29 is 9.32 Å². The maximum Gasteiger partial charge on any atom is 0.254 e. The summed E-state index contributed by atoms with van der Waals surface area (Å²) >= 11 is 5.87. The van der Waals surface area contributed by atoms with Crippen LogP contribution in [0, 0.1) is 0 Å². The summed E-state index contributed by atoms with van der Waals surface area (Å²) in [6.45, 7) is 0.503. The van der Waals surface area contributed by atoms with Gasteiger partial charge in [0, 0.05) is 36.8 Å². The Morgan fingerprint density at radius 3 is 2.80 bits per heavy atom. The molecule has 2 heterocycles. The number of rotatable bonds is 6. The fourth-order valence-electron chi connectivity index (χ4n) is 2.22. The predicted octanol–water partition coefficient (Wildman–Crippen LogP) is 2.80. The van der Waals surface area contributed by atoms with Gasteiger partial charge in [-0.15, -0.1) is 0 Å². The maximum atomic E-state index is 11.8. The minimum absolute atomic E-state index is 0.196. The molecule has 0 fully saturated rings. The van der Waals surface area contributed by atoms with Crippen LogP contribution in [0.4, 0.5) is 5.82 Å². The van der Waals surface area contributed by atoms with E-state index in [1.807, 2.05) is 12.1 Å². The number of anilines is 1. The van der Waals surface area contributed by atoms with Crippen LogP contribution in [0.3, 0.4) is 0 Å². The summed E-state index contributed by atoms with van der Waals surface area (Å²) in [6, 6.07) is 10.6. The molecule has 0 radical (unpaired) electrons. The molecule has 8 heteroatoms. The zero-order valence-electron chi connectivity index (χ0n) is 13.5. The van der Waals surface area contributed by atoms with E-state index < -0.39 is 0 Å². The summed E-state index contributed by atoms with van der Waals surface area (Å²) in [6.07, 6.45) is 2.13. The largest absolute Gasteiger partial charge is 0.369 e. The summed E-state index contributed by atoms with van der Waals surface area (Å²) in [5, 5.41) is 10.3. The molecule has 0 saturated heterocycles. The molecule has 2 N–H and O–H groups in total. The number of benzene rings is 1. The Morgan fingerprint density at radius 1 is 1.24 bits per heavy atom. The van der Waals surface area contributed by atoms with Crippen LogP contribution < -0.4 is 10.6 Å². The monoisotopic (exact) mass is 357 g/mol. The summed E-state index contributed by atoms with van der Waals surface area (Å²) < 4.78 is 5.25. The third-order valence-corrected chi connectivity index (χ3v) is 3.73. The van der Waals surface area contributed by atoms with Crippen molar-refractivity contribution in [1.82, 2.24) is 20.4 Å². The standard InChI is InChI=1S/C17H16ClN5O2/c1-19-17(24)13-3-2-9-20-16(13)21-10-8-14-22-15(23-25-14)11-4-6-12(18)7-5-11/h2-7,9H,8,10H2,1H3,(H,19,24)(H,20,21). The number of amides is 1. The Labute approximate surface area is 149 Å². The first-order chi connectivity index (χ1) is 12.2. The van der Waals surface area contributed by atoms with E-state index >= 15 is 0 Å². The van der Waals surface area contributed by atoms with Crippen molar-refractivity contribution >= 4 is 23.3 Å². The number of carbonyl (C=O) groups excluding carboxylic acids is 1. The van der Waals surface area contributed by atoms with E-state index in [1.54, 1.807) is 37.5 Å². The topological polar surface area (TPSA) is 92.9 Å². The van der Waals surface area contributed by atoms with Crippen LogP contribution in [0.25, 0.3) is 11.4 Å². The molecule has 3 rings (SSSR count). The predicted molar refractivity (Wildman–Crippen MR) is 94.6 cm³/mol. The van der Waals surface area contributed by atoms with Gasteiger partial charge in [-0.25, -0.2) is 4.98 Å². The zero-order chi connectivity index (χ0) is 17.6. The van der Waals surface area contributed by atoms with Gasteiger partial charge in [0.1, 0.15) is 5.82 Å². The molecule has 0 atom stereocenters. The van der Waals surface area contributed by atoms with Crippen molar-refractivity contribution in [3.63, 3.8) is 0 Å². The van der Waals surface area contributed by atoms with Gasteiger partial charge >= 0.3 is 0 Å². The van der Waals surface area contributed by atoms with E-state index in [0.29, 0.717) is 41.1 Å². The second-order valence-electron chi connectivity index (χ2n) is 5.17. The van der Waals surface area contributed by atoms with Gasteiger partial charge in [0.25, 0.3) is 5.91 Å². The molecule has 0 spiro atoms. The lowest BCUT2D eigenvalue weighted by Gasteiger charge is -2.08. The first-order valence-electron chi connectivity index (χ1n) is 7.67. The van der Waals surface area contributed by atoms with Crippen LogP contribution >= 0.6 is 11.6 Å². The molecule has 0 saturated carbocycles. The van der Waals surface area contributed by atoms with Crippen LogP contribution in [0.1, 0.15) is 16.2 Å². The molecule has 25 heavy (non-hydrogen) atoms. The zero-order valence-corrected chi connectivity index (χ0v) is 14.2. The Morgan fingerprint density at radius 2 is 2.04 bits per heavy atom. The number of aromatic nitrogens is 3. The molecule has 0 unspecified atom stereocenters. The van der Waals surface area contributed by atoms with E-state index in [9.17, 15) is 4.79 Å². The lowest BCUT2D eigenvalue weighted by molar-refractivity contribution is 0.0963. The number of nitrogens with one attached hydrogen (secondary N) is 2. The van der Waals surface area contributed by atoms with E-state index in [0.717, 1.165) is 5.56 Å². The highest BCUT2D eigenvalue weighted by molar-refractivity contribution is 6.30. The SMILES string of the molecule is CNC(=O)c1cccnc1NCCc1nc(-c2ccc(Cl)cc2)no1. The van der Waals surface area contributed by atoms with Crippen molar-refractivity contribution in [3.05, 3.63) is 59.1 Å². The first kappa shape index (κ1) is 16.9. The van der Waals surface area contributed by atoms with Crippen molar-refractivity contribution in [2.45, 2.75) is 6.42 Å². The summed E-state index contributed by atoms with van der Waals surface area (Å²) in [5.41, 5.74) is 1.32. The minimum Gasteiger partial charge on any atom is -0.369 e. The van der Waals surface area contributed by atoms with Gasteiger partial charge in [-0.1, -0.05) is 16.8 Å². The van der Waals surface area contributed by atoms with Gasteiger partial charge in [-0.3, -0.25) is 4.79 Å². The Hall–Kier alpha value is -2.93. The second kappa shape index (κ2) is 7.76. The van der Waals surface area contributed by atoms with Crippen LogP contribution in [0.2, 0.25) is 5.02 Å². The Balaban J connectivity index is 1.62. The van der Waals surface area contributed by atoms with Crippen molar-refractivity contribution in [2.24, 2.45) is 0 Å². The average Bonchev–Trinajstić information content (AvgIpc) is 3.11. The number of nitrogens with zero attached hydrogens (tertiary/aromatic N) is 3. The molecular formula is C17H16ClN5O2. The van der Waals surface area contributed by atoms with Gasteiger partial charge in [-0.2, -0.15) is 4.98 Å². The van der Waals surface area contributed by atoms with E-state index in [4.69, 9.17) is 16.1 Å². The van der Waals surface area contributed by atoms with Crippen LogP contribution in [-0.2, 0) is 6.42 Å². The van der Waals surface area contributed by atoms with Gasteiger partial charge in [0.2, 0.25) is 11.7 Å². The molecule has 3 aromatic rings. The molecule has 2 aromatic heterocycles.